The molecule has 0 radical (unpaired) electrons. The van der Waals surface area contributed by atoms with Crippen molar-refractivity contribution in [2.45, 2.75) is 58.3 Å². The third-order valence-electron chi connectivity index (χ3n) is 4.27. The van der Waals surface area contributed by atoms with Gasteiger partial charge in [-0.2, -0.15) is 0 Å². The van der Waals surface area contributed by atoms with Crippen molar-refractivity contribution in [1.82, 2.24) is 0 Å². The standard InChI is InChI=1S/C21H28O/c1-2-3-4-5-6-10-15-20-19(14-11-16-21(20)22)17-18-12-8-7-9-13-18/h7-9,11-14,16,22H,2-6,10,15,17H2,1H3. The fourth-order valence-corrected chi connectivity index (χ4v) is 2.97. The van der Waals surface area contributed by atoms with E-state index >= 15 is 0 Å². The molecule has 0 fully saturated rings. The summed E-state index contributed by atoms with van der Waals surface area (Å²) in [5.74, 6) is 0.460. The normalized spacial score (nSPS) is 10.8. The second-order valence-corrected chi connectivity index (χ2v) is 6.09. The predicted molar refractivity (Wildman–Crippen MR) is 94.4 cm³/mol. The maximum absolute atomic E-state index is 10.2. The summed E-state index contributed by atoms with van der Waals surface area (Å²) >= 11 is 0. The van der Waals surface area contributed by atoms with Crippen molar-refractivity contribution in [1.29, 1.82) is 0 Å². The fraction of sp³-hybridized carbons (Fsp3) is 0.429. The van der Waals surface area contributed by atoms with E-state index in [4.69, 9.17) is 0 Å². The number of hydrogen-bond donors (Lipinski definition) is 1. The van der Waals surface area contributed by atoms with E-state index in [-0.39, 0.29) is 0 Å². The van der Waals surface area contributed by atoms with E-state index in [0.29, 0.717) is 5.75 Å². The van der Waals surface area contributed by atoms with Crippen LogP contribution in [0.5, 0.6) is 5.75 Å². The maximum atomic E-state index is 10.2. The molecule has 0 aliphatic rings. The number of benzene rings is 2. The van der Waals surface area contributed by atoms with Crippen LogP contribution in [0.4, 0.5) is 0 Å². The topological polar surface area (TPSA) is 20.2 Å². The van der Waals surface area contributed by atoms with E-state index in [1.165, 1.54) is 49.7 Å². The van der Waals surface area contributed by atoms with Crippen molar-refractivity contribution in [3.05, 3.63) is 65.2 Å². The Bertz CT molecular complexity index is 545. The van der Waals surface area contributed by atoms with Gasteiger partial charge in [0.1, 0.15) is 5.75 Å². The average Bonchev–Trinajstić information content (AvgIpc) is 2.54. The minimum Gasteiger partial charge on any atom is -0.508 e. The van der Waals surface area contributed by atoms with Crippen LogP contribution in [0.1, 0.15) is 62.1 Å². The Morgan fingerprint density at radius 3 is 2.27 bits per heavy atom. The molecule has 0 heterocycles. The van der Waals surface area contributed by atoms with Crippen molar-refractivity contribution in [2.24, 2.45) is 0 Å². The third-order valence-corrected chi connectivity index (χ3v) is 4.27. The second kappa shape index (κ2) is 9.30. The largest absolute Gasteiger partial charge is 0.508 e. The van der Waals surface area contributed by atoms with E-state index in [9.17, 15) is 5.11 Å². The first-order valence-electron chi connectivity index (χ1n) is 8.65. The Kier molecular flexibility index (Phi) is 7.02. The van der Waals surface area contributed by atoms with E-state index in [1.807, 2.05) is 18.2 Å². The summed E-state index contributed by atoms with van der Waals surface area (Å²) in [5, 5.41) is 10.2. The Morgan fingerprint density at radius 1 is 0.773 bits per heavy atom. The lowest BCUT2D eigenvalue weighted by molar-refractivity contribution is 0.465. The second-order valence-electron chi connectivity index (χ2n) is 6.09. The molecule has 0 spiro atoms. The van der Waals surface area contributed by atoms with E-state index in [2.05, 4.69) is 37.3 Å². The Morgan fingerprint density at radius 2 is 1.50 bits per heavy atom. The van der Waals surface area contributed by atoms with Gasteiger partial charge in [-0.05, 0) is 42.0 Å². The molecule has 118 valence electrons. The van der Waals surface area contributed by atoms with Gasteiger partial charge in [0, 0.05) is 0 Å². The fourth-order valence-electron chi connectivity index (χ4n) is 2.97. The van der Waals surface area contributed by atoms with Crippen molar-refractivity contribution >= 4 is 0 Å². The molecule has 0 aromatic heterocycles. The summed E-state index contributed by atoms with van der Waals surface area (Å²) in [6, 6.07) is 16.4. The van der Waals surface area contributed by atoms with Crippen LogP contribution in [0, 0.1) is 0 Å². The minimum absolute atomic E-state index is 0.460. The molecule has 0 saturated heterocycles. The van der Waals surface area contributed by atoms with Gasteiger partial charge < -0.3 is 5.11 Å². The van der Waals surface area contributed by atoms with Gasteiger partial charge in [-0.25, -0.2) is 0 Å². The highest BCUT2D eigenvalue weighted by atomic mass is 16.3. The summed E-state index contributed by atoms with van der Waals surface area (Å²) in [4.78, 5) is 0. The molecule has 0 unspecified atom stereocenters. The molecule has 0 bridgehead atoms. The Balaban J connectivity index is 1.95. The molecule has 2 rings (SSSR count). The molecular formula is C21H28O. The van der Waals surface area contributed by atoms with Crippen LogP contribution >= 0.6 is 0 Å². The lowest BCUT2D eigenvalue weighted by Crippen LogP contribution is -1.97. The number of hydrogen-bond acceptors (Lipinski definition) is 1. The summed E-state index contributed by atoms with van der Waals surface area (Å²) in [5.41, 5.74) is 3.71. The van der Waals surface area contributed by atoms with Crippen molar-refractivity contribution < 1.29 is 5.11 Å². The molecule has 2 aromatic rings. The summed E-state index contributed by atoms with van der Waals surface area (Å²) in [6.07, 6.45) is 9.61. The molecule has 0 atom stereocenters. The summed E-state index contributed by atoms with van der Waals surface area (Å²) < 4.78 is 0. The molecule has 0 saturated carbocycles. The highest BCUT2D eigenvalue weighted by molar-refractivity contribution is 5.41. The molecule has 1 heteroatoms. The smallest absolute Gasteiger partial charge is 0.119 e. The first-order chi connectivity index (χ1) is 10.8. The molecule has 22 heavy (non-hydrogen) atoms. The van der Waals surface area contributed by atoms with Gasteiger partial charge in [0.2, 0.25) is 0 Å². The minimum atomic E-state index is 0.460. The molecule has 0 aliphatic heterocycles. The molecule has 0 aliphatic carbocycles. The number of aromatic hydroxyl groups is 1. The highest BCUT2D eigenvalue weighted by Gasteiger charge is 2.08. The van der Waals surface area contributed by atoms with Gasteiger partial charge in [-0.15, -0.1) is 0 Å². The average molecular weight is 296 g/mol. The van der Waals surface area contributed by atoms with E-state index in [0.717, 1.165) is 18.4 Å². The van der Waals surface area contributed by atoms with Gasteiger partial charge in [0.15, 0.2) is 0 Å². The van der Waals surface area contributed by atoms with Gasteiger partial charge in [-0.3, -0.25) is 0 Å². The van der Waals surface area contributed by atoms with Gasteiger partial charge in [0.05, 0.1) is 0 Å². The summed E-state index contributed by atoms with van der Waals surface area (Å²) in [6.45, 7) is 2.25. The first-order valence-corrected chi connectivity index (χ1v) is 8.65. The number of unbranched alkanes of at least 4 members (excludes halogenated alkanes) is 5. The van der Waals surface area contributed by atoms with Crippen LogP contribution in [-0.4, -0.2) is 5.11 Å². The number of rotatable bonds is 9. The monoisotopic (exact) mass is 296 g/mol. The van der Waals surface area contributed by atoms with Crippen LogP contribution in [0.25, 0.3) is 0 Å². The van der Waals surface area contributed by atoms with Crippen molar-refractivity contribution in [3.63, 3.8) is 0 Å². The van der Waals surface area contributed by atoms with Crippen molar-refractivity contribution in [3.8, 4) is 5.75 Å². The van der Waals surface area contributed by atoms with Gasteiger partial charge in [-0.1, -0.05) is 81.5 Å². The lowest BCUT2D eigenvalue weighted by Gasteiger charge is -2.12. The first kappa shape index (κ1) is 16.6. The predicted octanol–water partition coefficient (Wildman–Crippen LogP) is 5.89. The number of phenols is 1. The van der Waals surface area contributed by atoms with Crippen LogP contribution in [0.3, 0.4) is 0 Å². The van der Waals surface area contributed by atoms with Crippen LogP contribution in [-0.2, 0) is 12.8 Å². The van der Waals surface area contributed by atoms with E-state index in [1.54, 1.807) is 0 Å². The lowest BCUT2D eigenvalue weighted by atomic mass is 9.95. The van der Waals surface area contributed by atoms with Crippen LogP contribution in [0.2, 0.25) is 0 Å². The molecule has 1 nitrogen and oxygen atoms in total. The third kappa shape index (κ3) is 5.22. The Labute approximate surface area is 135 Å². The van der Waals surface area contributed by atoms with E-state index < -0.39 is 0 Å². The molecule has 2 aromatic carbocycles. The quantitative estimate of drug-likeness (QED) is 0.572. The zero-order chi connectivity index (χ0) is 15.6. The zero-order valence-electron chi connectivity index (χ0n) is 13.7. The van der Waals surface area contributed by atoms with Gasteiger partial charge >= 0.3 is 0 Å². The maximum Gasteiger partial charge on any atom is 0.119 e. The van der Waals surface area contributed by atoms with Crippen LogP contribution in [0.15, 0.2) is 48.5 Å². The highest BCUT2D eigenvalue weighted by Crippen LogP contribution is 2.25. The summed E-state index contributed by atoms with van der Waals surface area (Å²) in [7, 11) is 0. The Hall–Kier alpha value is -1.76. The SMILES string of the molecule is CCCCCCCCc1c(O)cccc1Cc1ccccc1. The molecule has 1 N–H and O–H groups in total. The number of phenolic OH excluding ortho intramolecular Hbond substituents is 1. The molecule has 0 amide bonds. The zero-order valence-corrected chi connectivity index (χ0v) is 13.7. The van der Waals surface area contributed by atoms with Crippen LogP contribution < -0.4 is 0 Å². The molecular weight excluding hydrogens is 268 g/mol. The van der Waals surface area contributed by atoms with Crippen molar-refractivity contribution in [2.75, 3.05) is 0 Å². The van der Waals surface area contributed by atoms with Gasteiger partial charge in [0.25, 0.3) is 0 Å².